The van der Waals surface area contributed by atoms with Crippen LogP contribution in [0.2, 0.25) is 0 Å². The van der Waals surface area contributed by atoms with E-state index in [9.17, 15) is 15.0 Å². The lowest BCUT2D eigenvalue weighted by molar-refractivity contribution is -0.145. The third kappa shape index (κ3) is 2.98. The lowest BCUT2D eigenvalue weighted by atomic mass is 9.45. The van der Waals surface area contributed by atoms with E-state index < -0.39 is 5.97 Å². The van der Waals surface area contributed by atoms with Gasteiger partial charge in [0.05, 0.1) is 12.2 Å². The van der Waals surface area contributed by atoms with Gasteiger partial charge in [0.1, 0.15) is 0 Å². The van der Waals surface area contributed by atoms with Gasteiger partial charge < -0.3 is 15.3 Å². The summed E-state index contributed by atoms with van der Waals surface area (Å²) in [6.45, 7) is 6.89. The maximum Gasteiger partial charge on any atom is 0.303 e. The highest BCUT2D eigenvalue weighted by molar-refractivity contribution is 5.66. The predicted molar refractivity (Wildman–Crippen MR) is 109 cm³/mol. The van der Waals surface area contributed by atoms with Gasteiger partial charge in [-0.3, -0.25) is 4.79 Å². The lowest BCUT2D eigenvalue weighted by Crippen LogP contribution is -2.57. The van der Waals surface area contributed by atoms with E-state index in [0.29, 0.717) is 41.9 Å². The van der Waals surface area contributed by atoms with Crippen LogP contribution >= 0.6 is 0 Å². The molecule has 0 heterocycles. The highest BCUT2D eigenvalue weighted by Gasteiger charge is 2.62. The molecular formula is C24H38O4. The average molecular weight is 391 g/mol. The molecule has 10 unspecified atom stereocenters. The van der Waals surface area contributed by atoms with Crippen molar-refractivity contribution in [3.63, 3.8) is 0 Å². The Morgan fingerprint density at radius 1 is 1.11 bits per heavy atom. The van der Waals surface area contributed by atoms with Crippen LogP contribution in [-0.2, 0) is 4.79 Å². The molecule has 10 atom stereocenters. The first-order chi connectivity index (χ1) is 13.2. The summed E-state index contributed by atoms with van der Waals surface area (Å²) < 4.78 is 0. The highest BCUT2D eigenvalue weighted by Crippen LogP contribution is 2.66. The van der Waals surface area contributed by atoms with Gasteiger partial charge >= 0.3 is 5.97 Å². The summed E-state index contributed by atoms with van der Waals surface area (Å²) in [4.78, 5) is 11.0. The van der Waals surface area contributed by atoms with Gasteiger partial charge in [0.2, 0.25) is 0 Å². The summed E-state index contributed by atoms with van der Waals surface area (Å²) in [5, 5.41) is 30.7. The molecule has 0 spiro atoms. The van der Waals surface area contributed by atoms with Gasteiger partial charge in [-0.1, -0.05) is 32.9 Å². The van der Waals surface area contributed by atoms with Crippen molar-refractivity contribution in [2.75, 3.05) is 0 Å². The number of hydrogen-bond donors (Lipinski definition) is 3. The van der Waals surface area contributed by atoms with Crippen LogP contribution in [0.5, 0.6) is 0 Å². The monoisotopic (exact) mass is 390 g/mol. The normalized spacial score (nSPS) is 51.1. The zero-order valence-corrected chi connectivity index (χ0v) is 17.7. The van der Waals surface area contributed by atoms with Crippen LogP contribution in [0.3, 0.4) is 0 Å². The lowest BCUT2D eigenvalue weighted by Gasteiger charge is -2.60. The third-order valence-electron chi connectivity index (χ3n) is 9.81. The minimum Gasteiger partial charge on any atom is -0.481 e. The SMILES string of the molecule is CC(CCC(=O)O)C1CCC2C3C=CC4CC(O)CCC4(C)C3CC(O)C12C. The Hall–Kier alpha value is -0.870. The molecule has 0 aromatic heterocycles. The highest BCUT2D eigenvalue weighted by atomic mass is 16.4. The Morgan fingerprint density at radius 3 is 2.57 bits per heavy atom. The number of carboxylic acid groups (broad SMARTS) is 1. The summed E-state index contributed by atoms with van der Waals surface area (Å²) in [5.41, 5.74) is 0.0781. The first-order valence-electron chi connectivity index (χ1n) is 11.4. The molecule has 3 saturated carbocycles. The van der Waals surface area contributed by atoms with E-state index in [-0.39, 0.29) is 29.5 Å². The molecule has 4 aliphatic carbocycles. The zero-order chi connectivity index (χ0) is 20.3. The summed E-state index contributed by atoms with van der Waals surface area (Å²) in [5.74, 6) is 1.94. The second kappa shape index (κ2) is 7.12. The van der Waals surface area contributed by atoms with E-state index in [1.54, 1.807) is 0 Å². The van der Waals surface area contributed by atoms with E-state index in [1.807, 2.05) is 0 Å². The number of aliphatic hydroxyl groups excluding tert-OH is 2. The standard InChI is InChI=1S/C24H38O4/c1-14(4-9-22(27)28)18-7-8-19-17-6-5-15-12-16(25)10-11-23(15,2)20(17)13-21(26)24(18,19)3/h5-6,14-21,25-26H,4,7-13H2,1-3H3,(H,27,28). The molecule has 4 rings (SSSR count). The van der Waals surface area contributed by atoms with E-state index in [2.05, 4.69) is 32.9 Å². The molecule has 4 nitrogen and oxygen atoms in total. The van der Waals surface area contributed by atoms with Crippen molar-refractivity contribution < 1.29 is 20.1 Å². The van der Waals surface area contributed by atoms with Crippen molar-refractivity contribution >= 4 is 5.97 Å². The summed E-state index contributed by atoms with van der Waals surface area (Å²) >= 11 is 0. The van der Waals surface area contributed by atoms with Crippen LogP contribution in [0.4, 0.5) is 0 Å². The van der Waals surface area contributed by atoms with Crippen molar-refractivity contribution in [2.24, 2.45) is 46.3 Å². The quantitative estimate of drug-likeness (QED) is 0.627. The summed E-state index contributed by atoms with van der Waals surface area (Å²) in [6, 6.07) is 0. The van der Waals surface area contributed by atoms with Crippen molar-refractivity contribution in [1.82, 2.24) is 0 Å². The largest absolute Gasteiger partial charge is 0.481 e. The smallest absolute Gasteiger partial charge is 0.303 e. The number of fused-ring (bicyclic) bond motifs is 5. The minimum atomic E-state index is -0.718. The second-order valence-electron chi connectivity index (χ2n) is 10.9. The molecule has 158 valence electrons. The molecule has 0 amide bonds. The van der Waals surface area contributed by atoms with E-state index in [4.69, 9.17) is 5.11 Å². The van der Waals surface area contributed by atoms with Crippen LogP contribution in [0.1, 0.15) is 72.1 Å². The molecule has 0 radical (unpaired) electrons. The van der Waals surface area contributed by atoms with Gasteiger partial charge in [0, 0.05) is 6.42 Å². The van der Waals surface area contributed by atoms with E-state index in [0.717, 1.165) is 38.5 Å². The molecule has 0 aromatic carbocycles. The Labute approximate surface area is 169 Å². The summed E-state index contributed by atoms with van der Waals surface area (Å²) in [6.07, 6.45) is 11.2. The second-order valence-corrected chi connectivity index (χ2v) is 10.9. The first-order valence-corrected chi connectivity index (χ1v) is 11.4. The number of carbonyl (C=O) groups is 1. The molecule has 4 aliphatic rings. The van der Waals surface area contributed by atoms with Gasteiger partial charge in [-0.25, -0.2) is 0 Å². The number of rotatable bonds is 4. The Kier molecular flexibility index (Phi) is 5.19. The molecule has 3 fully saturated rings. The average Bonchev–Trinajstić information content (AvgIpc) is 3.00. The molecule has 0 aliphatic heterocycles. The van der Waals surface area contributed by atoms with Gasteiger partial charge in [0.25, 0.3) is 0 Å². The van der Waals surface area contributed by atoms with Gasteiger partial charge in [-0.2, -0.15) is 0 Å². The number of carboxylic acids is 1. The topological polar surface area (TPSA) is 77.8 Å². The molecular weight excluding hydrogens is 352 g/mol. The van der Waals surface area contributed by atoms with Crippen molar-refractivity contribution in [3.05, 3.63) is 12.2 Å². The van der Waals surface area contributed by atoms with Crippen LogP contribution in [-0.4, -0.2) is 33.5 Å². The Bertz CT molecular complexity index is 645. The Morgan fingerprint density at radius 2 is 1.86 bits per heavy atom. The van der Waals surface area contributed by atoms with E-state index >= 15 is 0 Å². The third-order valence-corrected chi connectivity index (χ3v) is 9.81. The van der Waals surface area contributed by atoms with Crippen LogP contribution in [0.15, 0.2) is 12.2 Å². The van der Waals surface area contributed by atoms with Crippen LogP contribution < -0.4 is 0 Å². The van der Waals surface area contributed by atoms with Gasteiger partial charge in [-0.05, 0) is 91.3 Å². The van der Waals surface area contributed by atoms with Crippen molar-refractivity contribution in [2.45, 2.75) is 84.3 Å². The molecule has 0 saturated heterocycles. The van der Waals surface area contributed by atoms with Crippen LogP contribution in [0, 0.1) is 46.3 Å². The predicted octanol–water partition coefficient (Wildman–Crippen LogP) is 4.25. The fourth-order valence-corrected chi connectivity index (χ4v) is 8.08. The fraction of sp³-hybridized carbons (Fsp3) is 0.875. The minimum absolute atomic E-state index is 0.110. The zero-order valence-electron chi connectivity index (χ0n) is 17.7. The molecule has 0 aromatic rings. The number of allylic oxidation sites excluding steroid dienone is 2. The number of aliphatic carboxylic acids is 1. The molecule has 0 bridgehead atoms. The maximum atomic E-state index is 11.4. The fourth-order valence-electron chi connectivity index (χ4n) is 8.08. The van der Waals surface area contributed by atoms with Crippen molar-refractivity contribution in [3.8, 4) is 0 Å². The number of hydrogen-bond acceptors (Lipinski definition) is 3. The van der Waals surface area contributed by atoms with Crippen molar-refractivity contribution in [1.29, 1.82) is 0 Å². The maximum absolute atomic E-state index is 11.4. The first kappa shape index (κ1) is 20.4. The summed E-state index contributed by atoms with van der Waals surface area (Å²) in [7, 11) is 0. The van der Waals surface area contributed by atoms with Gasteiger partial charge in [0.15, 0.2) is 0 Å². The molecule has 28 heavy (non-hydrogen) atoms. The van der Waals surface area contributed by atoms with E-state index in [1.165, 1.54) is 0 Å². The van der Waals surface area contributed by atoms with Crippen LogP contribution in [0.25, 0.3) is 0 Å². The Balaban J connectivity index is 1.60. The van der Waals surface area contributed by atoms with Gasteiger partial charge in [-0.15, -0.1) is 0 Å². The molecule has 3 N–H and O–H groups in total. The number of aliphatic hydroxyl groups is 2. The molecule has 4 heteroatoms.